The molecule has 3 rings (SSSR count). The number of rotatable bonds is 7. The molecule has 6 nitrogen and oxygen atoms in total. The average Bonchev–Trinajstić information content (AvgIpc) is 2.62. The van der Waals surface area contributed by atoms with Crippen molar-refractivity contribution in [3.63, 3.8) is 0 Å². The number of anilines is 1. The van der Waals surface area contributed by atoms with Gasteiger partial charge in [0.15, 0.2) is 9.84 Å². The number of hydrogen-bond donors (Lipinski definition) is 1. The topological polar surface area (TPSA) is 81.2 Å². The molecular weight excluding hydrogens is 357 g/mol. The van der Waals surface area contributed by atoms with Crippen molar-refractivity contribution in [1.82, 2.24) is 9.97 Å². The van der Waals surface area contributed by atoms with Gasteiger partial charge < -0.3 is 10.1 Å². The molecule has 1 heterocycles. The number of aromatic nitrogens is 2. The third-order valence-electron chi connectivity index (χ3n) is 3.73. The third kappa shape index (κ3) is 4.45. The summed E-state index contributed by atoms with van der Waals surface area (Å²) in [7, 11) is -3.30. The van der Waals surface area contributed by atoms with E-state index in [2.05, 4.69) is 15.3 Å². The number of halogens is 1. The summed E-state index contributed by atoms with van der Waals surface area (Å²) in [6.07, 6.45) is 3.28. The van der Waals surface area contributed by atoms with Gasteiger partial charge in [-0.2, -0.15) is 0 Å². The van der Waals surface area contributed by atoms with Gasteiger partial charge in [-0.25, -0.2) is 22.8 Å². The molecule has 26 heavy (non-hydrogen) atoms. The molecule has 0 aliphatic heterocycles. The van der Waals surface area contributed by atoms with Crippen LogP contribution in [0.1, 0.15) is 6.42 Å². The van der Waals surface area contributed by atoms with Crippen molar-refractivity contribution in [2.45, 2.75) is 11.3 Å². The molecule has 0 radical (unpaired) electrons. The minimum Gasteiger partial charge on any atom is -0.494 e. The lowest BCUT2D eigenvalue weighted by atomic mass is 10.2. The largest absolute Gasteiger partial charge is 0.494 e. The summed E-state index contributed by atoms with van der Waals surface area (Å²) in [5.41, 5.74) is 0.664. The summed E-state index contributed by atoms with van der Waals surface area (Å²) in [5.74, 6) is 0.877. The maximum absolute atomic E-state index is 12.8. The first-order chi connectivity index (χ1) is 12.4. The molecule has 136 valence electrons. The predicted molar refractivity (Wildman–Crippen MR) is 97.6 cm³/mol. The van der Waals surface area contributed by atoms with Gasteiger partial charge in [0, 0.05) is 18.2 Å². The molecule has 1 N–H and O–H groups in total. The lowest BCUT2D eigenvalue weighted by Gasteiger charge is -2.10. The van der Waals surface area contributed by atoms with E-state index in [9.17, 15) is 12.8 Å². The highest BCUT2D eigenvalue weighted by Gasteiger charge is 2.10. The Morgan fingerprint density at radius 2 is 1.88 bits per heavy atom. The van der Waals surface area contributed by atoms with Crippen LogP contribution in [0.3, 0.4) is 0 Å². The second kappa shape index (κ2) is 7.65. The molecule has 8 heteroatoms. The van der Waals surface area contributed by atoms with Gasteiger partial charge >= 0.3 is 0 Å². The number of nitrogens with zero attached hydrogens (tertiary/aromatic N) is 2. The van der Waals surface area contributed by atoms with E-state index in [1.54, 1.807) is 24.3 Å². The van der Waals surface area contributed by atoms with Gasteiger partial charge in [0.2, 0.25) is 0 Å². The maximum Gasteiger partial charge on any atom is 0.175 e. The maximum atomic E-state index is 12.8. The molecule has 1 aromatic heterocycles. The van der Waals surface area contributed by atoms with Crippen LogP contribution in [-0.4, -0.2) is 37.8 Å². The first kappa shape index (κ1) is 18.1. The quantitative estimate of drug-likeness (QED) is 0.639. The Morgan fingerprint density at radius 3 is 2.62 bits per heavy atom. The van der Waals surface area contributed by atoms with Gasteiger partial charge in [-0.05, 0) is 48.9 Å². The van der Waals surface area contributed by atoms with E-state index in [1.165, 1.54) is 24.5 Å². The fourth-order valence-corrected chi connectivity index (χ4v) is 3.05. The van der Waals surface area contributed by atoms with Crippen LogP contribution in [0.2, 0.25) is 0 Å². The summed E-state index contributed by atoms with van der Waals surface area (Å²) in [6.45, 7) is 1.03. The fraction of sp³-hybridized carbons (Fsp3) is 0.222. The molecule has 2 aromatic carbocycles. The van der Waals surface area contributed by atoms with Crippen molar-refractivity contribution in [2.75, 3.05) is 24.7 Å². The molecule has 0 unspecified atom stereocenters. The van der Waals surface area contributed by atoms with Crippen LogP contribution in [0.4, 0.5) is 10.2 Å². The number of hydrogen-bond acceptors (Lipinski definition) is 6. The van der Waals surface area contributed by atoms with E-state index in [1.807, 2.05) is 0 Å². The van der Waals surface area contributed by atoms with Crippen LogP contribution < -0.4 is 10.1 Å². The van der Waals surface area contributed by atoms with Crippen molar-refractivity contribution in [2.24, 2.45) is 0 Å². The Balaban J connectivity index is 1.62. The smallest absolute Gasteiger partial charge is 0.175 e. The van der Waals surface area contributed by atoms with Crippen LogP contribution in [0.5, 0.6) is 5.75 Å². The SMILES string of the molecule is CS(=O)(=O)c1ccc2ncnc(NCCCOc3ccc(F)cc3)c2c1. The van der Waals surface area contributed by atoms with E-state index >= 15 is 0 Å². The Bertz CT molecular complexity index is 1010. The van der Waals surface area contributed by atoms with Crippen LogP contribution >= 0.6 is 0 Å². The van der Waals surface area contributed by atoms with Crippen molar-refractivity contribution in [1.29, 1.82) is 0 Å². The minimum atomic E-state index is -3.30. The molecule has 0 bridgehead atoms. The van der Waals surface area contributed by atoms with Crippen LogP contribution in [0, 0.1) is 5.82 Å². The average molecular weight is 375 g/mol. The highest BCUT2D eigenvalue weighted by atomic mass is 32.2. The number of ether oxygens (including phenoxy) is 1. The molecule has 0 aliphatic carbocycles. The van der Waals surface area contributed by atoms with Crippen LogP contribution in [0.15, 0.2) is 53.7 Å². The standard InChI is InChI=1S/C18H18FN3O3S/c1-26(23,24)15-7-8-17-16(11-15)18(22-12-21-17)20-9-2-10-25-14-5-3-13(19)4-6-14/h3-8,11-12H,2,9-10H2,1H3,(H,20,21,22). The molecule has 0 spiro atoms. The zero-order valence-electron chi connectivity index (χ0n) is 14.1. The lowest BCUT2D eigenvalue weighted by Crippen LogP contribution is -2.09. The highest BCUT2D eigenvalue weighted by Crippen LogP contribution is 2.23. The highest BCUT2D eigenvalue weighted by molar-refractivity contribution is 7.90. The van der Waals surface area contributed by atoms with Crippen molar-refractivity contribution in [3.05, 3.63) is 54.6 Å². The van der Waals surface area contributed by atoms with Crippen molar-refractivity contribution in [3.8, 4) is 5.75 Å². The fourth-order valence-electron chi connectivity index (χ4n) is 2.41. The van der Waals surface area contributed by atoms with E-state index in [-0.39, 0.29) is 10.7 Å². The van der Waals surface area contributed by atoms with Gasteiger partial charge in [-0.15, -0.1) is 0 Å². The van der Waals surface area contributed by atoms with Crippen LogP contribution in [-0.2, 0) is 9.84 Å². The van der Waals surface area contributed by atoms with E-state index in [0.29, 0.717) is 42.0 Å². The first-order valence-corrected chi connectivity index (χ1v) is 9.90. The van der Waals surface area contributed by atoms with Gasteiger partial charge in [0.05, 0.1) is 17.0 Å². The second-order valence-electron chi connectivity index (χ2n) is 5.76. The third-order valence-corrected chi connectivity index (χ3v) is 4.84. The molecule has 0 fully saturated rings. The Labute approximate surface area is 151 Å². The Hall–Kier alpha value is -2.74. The first-order valence-electron chi connectivity index (χ1n) is 8.00. The normalized spacial score (nSPS) is 11.5. The summed E-state index contributed by atoms with van der Waals surface area (Å²) >= 11 is 0. The summed E-state index contributed by atoms with van der Waals surface area (Å²) in [6, 6.07) is 10.6. The van der Waals surface area contributed by atoms with Gasteiger partial charge in [-0.1, -0.05) is 0 Å². The number of nitrogens with one attached hydrogen (secondary N) is 1. The summed E-state index contributed by atoms with van der Waals surface area (Å²) in [5, 5.41) is 3.82. The minimum absolute atomic E-state index is 0.225. The molecule has 0 aliphatic rings. The second-order valence-corrected chi connectivity index (χ2v) is 7.77. The van der Waals surface area contributed by atoms with E-state index in [4.69, 9.17) is 4.74 Å². The Morgan fingerprint density at radius 1 is 1.12 bits per heavy atom. The molecule has 0 saturated heterocycles. The lowest BCUT2D eigenvalue weighted by molar-refractivity contribution is 0.314. The monoisotopic (exact) mass is 375 g/mol. The summed E-state index contributed by atoms with van der Waals surface area (Å²) in [4.78, 5) is 8.58. The van der Waals surface area contributed by atoms with E-state index in [0.717, 1.165) is 6.26 Å². The van der Waals surface area contributed by atoms with Gasteiger partial charge in [-0.3, -0.25) is 0 Å². The molecular formula is C18H18FN3O3S. The molecule has 0 saturated carbocycles. The number of benzene rings is 2. The Kier molecular flexibility index (Phi) is 5.32. The zero-order chi connectivity index (χ0) is 18.6. The number of sulfone groups is 1. The van der Waals surface area contributed by atoms with Gasteiger partial charge in [0.25, 0.3) is 0 Å². The predicted octanol–water partition coefficient (Wildman–Crippen LogP) is 3.05. The van der Waals surface area contributed by atoms with Gasteiger partial charge in [0.1, 0.15) is 23.7 Å². The molecule has 3 aromatic rings. The molecule has 0 amide bonds. The van der Waals surface area contributed by atoms with Crippen molar-refractivity contribution < 1.29 is 17.5 Å². The summed E-state index contributed by atoms with van der Waals surface area (Å²) < 4.78 is 41.8. The van der Waals surface area contributed by atoms with Crippen LogP contribution in [0.25, 0.3) is 10.9 Å². The van der Waals surface area contributed by atoms with Crippen molar-refractivity contribution >= 4 is 26.6 Å². The number of fused-ring (bicyclic) bond motifs is 1. The van der Waals surface area contributed by atoms with E-state index < -0.39 is 9.84 Å². The zero-order valence-corrected chi connectivity index (χ0v) is 15.0. The molecule has 0 atom stereocenters.